The number of nitrogens with zero attached hydrogens (tertiary/aromatic N) is 1. The number of carbonyl (C=O) groups excluding carboxylic acids is 1. The van der Waals surface area contributed by atoms with E-state index in [1.165, 1.54) is 25.4 Å². The Morgan fingerprint density at radius 2 is 2.08 bits per heavy atom. The summed E-state index contributed by atoms with van der Waals surface area (Å²) in [4.78, 5) is 10.5. The molecule has 0 aromatic carbocycles. The molecule has 0 aliphatic heterocycles. The van der Waals surface area contributed by atoms with Crippen LogP contribution in [-0.4, -0.2) is 11.0 Å². The SMILES string of the molecule is CC(=O)/C=C/c1cc[n+](O)cc1. The van der Waals surface area contributed by atoms with Crippen LogP contribution in [0.1, 0.15) is 12.5 Å². The third-order valence-electron chi connectivity index (χ3n) is 1.35. The first-order chi connectivity index (χ1) is 5.68. The second-order valence-electron chi connectivity index (χ2n) is 2.46. The van der Waals surface area contributed by atoms with Crippen LogP contribution in [0.4, 0.5) is 0 Å². The van der Waals surface area contributed by atoms with Gasteiger partial charge in [0.15, 0.2) is 5.78 Å². The molecule has 1 rings (SSSR count). The zero-order chi connectivity index (χ0) is 8.97. The summed E-state index contributed by atoms with van der Waals surface area (Å²) in [5, 5.41) is 8.86. The van der Waals surface area contributed by atoms with E-state index in [4.69, 9.17) is 5.21 Å². The van der Waals surface area contributed by atoms with Crippen LogP contribution in [0, 0.1) is 0 Å². The van der Waals surface area contributed by atoms with Gasteiger partial charge in [0.1, 0.15) is 0 Å². The number of hydrogen-bond acceptors (Lipinski definition) is 2. The van der Waals surface area contributed by atoms with Gasteiger partial charge in [-0.25, -0.2) is 0 Å². The molecule has 0 atom stereocenters. The number of pyridine rings is 1. The highest BCUT2D eigenvalue weighted by atomic mass is 16.5. The molecular weight excluding hydrogens is 154 g/mol. The standard InChI is InChI=1S/C9H10NO2/c1-8(11)2-3-9-4-6-10(12)7-5-9/h2-7,12H,1H3/q+1/b3-2+. The van der Waals surface area contributed by atoms with E-state index in [1.54, 1.807) is 18.2 Å². The van der Waals surface area contributed by atoms with Gasteiger partial charge in [-0.1, -0.05) is 6.08 Å². The van der Waals surface area contributed by atoms with Gasteiger partial charge < -0.3 is 0 Å². The minimum absolute atomic E-state index is 0.00993. The second-order valence-corrected chi connectivity index (χ2v) is 2.46. The molecule has 0 unspecified atom stereocenters. The molecule has 0 amide bonds. The van der Waals surface area contributed by atoms with Gasteiger partial charge in [0.25, 0.3) is 0 Å². The number of ketones is 1. The van der Waals surface area contributed by atoms with Crippen LogP contribution < -0.4 is 4.73 Å². The molecule has 0 bridgehead atoms. The van der Waals surface area contributed by atoms with Crippen molar-refractivity contribution in [3.05, 3.63) is 36.2 Å². The molecule has 62 valence electrons. The average Bonchev–Trinajstić information content (AvgIpc) is 2.03. The number of aromatic nitrogens is 1. The first kappa shape index (κ1) is 8.46. The molecular formula is C9H10NO2+. The topological polar surface area (TPSA) is 41.2 Å². The van der Waals surface area contributed by atoms with E-state index in [0.717, 1.165) is 10.3 Å². The Kier molecular flexibility index (Phi) is 2.58. The van der Waals surface area contributed by atoms with Crippen LogP contribution in [-0.2, 0) is 4.79 Å². The quantitative estimate of drug-likeness (QED) is 0.399. The highest BCUT2D eigenvalue weighted by molar-refractivity contribution is 5.91. The van der Waals surface area contributed by atoms with E-state index < -0.39 is 0 Å². The van der Waals surface area contributed by atoms with E-state index >= 15 is 0 Å². The van der Waals surface area contributed by atoms with E-state index in [0.29, 0.717) is 0 Å². The zero-order valence-corrected chi connectivity index (χ0v) is 6.77. The van der Waals surface area contributed by atoms with Crippen molar-refractivity contribution < 1.29 is 14.7 Å². The van der Waals surface area contributed by atoms with Crippen molar-refractivity contribution in [2.45, 2.75) is 6.92 Å². The number of rotatable bonds is 2. The molecule has 0 spiro atoms. The van der Waals surface area contributed by atoms with Crippen molar-refractivity contribution in [1.29, 1.82) is 0 Å². The minimum atomic E-state index is 0.00993. The minimum Gasteiger partial charge on any atom is -0.295 e. The Bertz CT molecular complexity index is 301. The first-order valence-electron chi connectivity index (χ1n) is 3.58. The van der Waals surface area contributed by atoms with Crippen molar-refractivity contribution in [2.24, 2.45) is 0 Å². The van der Waals surface area contributed by atoms with E-state index in [2.05, 4.69) is 0 Å². The van der Waals surface area contributed by atoms with Gasteiger partial charge in [0.2, 0.25) is 12.4 Å². The normalized spacial score (nSPS) is 10.4. The van der Waals surface area contributed by atoms with E-state index in [1.807, 2.05) is 0 Å². The maximum absolute atomic E-state index is 10.5. The van der Waals surface area contributed by atoms with E-state index in [9.17, 15) is 4.79 Å². The van der Waals surface area contributed by atoms with Gasteiger partial charge in [-0.15, -0.1) is 0 Å². The summed E-state index contributed by atoms with van der Waals surface area (Å²) in [6, 6.07) is 3.42. The highest BCUT2D eigenvalue weighted by Crippen LogP contribution is 1.97. The van der Waals surface area contributed by atoms with E-state index in [-0.39, 0.29) is 5.78 Å². The lowest BCUT2D eigenvalue weighted by Crippen LogP contribution is -2.27. The van der Waals surface area contributed by atoms with Crippen molar-refractivity contribution in [1.82, 2.24) is 0 Å². The van der Waals surface area contributed by atoms with Crippen LogP contribution in [0.5, 0.6) is 0 Å². The molecule has 0 aliphatic rings. The smallest absolute Gasteiger partial charge is 0.222 e. The average molecular weight is 164 g/mol. The molecule has 0 saturated heterocycles. The number of carbonyl (C=O) groups is 1. The maximum atomic E-state index is 10.5. The first-order valence-corrected chi connectivity index (χ1v) is 3.58. The molecule has 3 heteroatoms. The molecule has 1 N–H and O–H groups in total. The zero-order valence-electron chi connectivity index (χ0n) is 6.77. The summed E-state index contributed by atoms with van der Waals surface area (Å²) in [7, 11) is 0. The third-order valence-corrected chi connectivity index (χ3v) is 1.35. The predicted octanol–water partition coefficient (Wildman–Crippen LogP) is 0.814. The summed E-state index contributed by atoms with van der Waals surface area (Å²) in [6.07, 6.45) is 6.18. The lowest BCUT2D eigenvalue weighted by Gasteiger charge is -1.87. The summed E-state index contributed by atoms with van der Waals surface area (Å²) in [5.41, 5.74) is 0.885. The van der Waals surface area contributed by atoms with Crippen molar-refractivity contribution in [3.63, 3.8) is 0 Å². The van der Waals surface area contributed by atoms with Crippen LogP contribution >= 0.6 is 0 Å². The summed E-state index contributed by atoms with van der Waals surface area (Å²) in [6.45, 7) is 1.49. The van der Waals surface area contributed by atoms with Crippen molar-refractivity contribution >= 4 is 11.9 Å². The van der Waals surface area contributed by atoms with Crippen LogP contribution in [0.2, 0.25) is 0 Å². The van der Waals surface area contributed by atoms with Gasteiger partial charge in [0.05, 0.1) is 0 Å². The fraction of sp³-hybridized carbons (Fsp3) is 0.111. The molecule has 0 aliphatic carbocycles. The predicted molar refractivity (Wildman–Crippen MR) is 43.5 cm³/mol. The fourth-order valence-electron chi connectivity index (χ4n) is 0.755. The fourth-order valence-corrected chi connectivity index (χ4v) is 0.755. The largest absolute Gasteiger partial charge is 0.295 e. The third kappa shape index (κ3) is 2.54. The second kappa shape index (κ2) is 3.67. The summed E-state index contributed by atoms with van der Waals surface area (Å²) >= 11 is 0. The number of hydrogen-bond donors (Lipinski definition) is 1. The van der Waals surface area contributed by atoms with Gasteiger partial charge in [-0.3, -0.25) is 10.0 Å². The molecule has 0 radical (unpaired) electrons. The van der Waals surface area contributed by atoms with Gasteiger partial charge in [-0.05, 0) is 18.6 Å². The Morgan fingerprint density at radius 1 is 1.50 bits per heavy atom. The lowest BCUT2D eigenvalue weighted by atomic mass is 10.2. The van der Waals surface area contributed by atoms with Crippen LogP contribution in [0.15, 0.2) is 30.6 Å². The molecule has 1 aromatic rings. The molecule has 3 nitrogen and oxygen atoms in total. The van der Waals surface area contributed by atoms with Gasteiger partial charge in [-0.2, -0.15) is 0 Å². The van der Waals surface area contributed by atoms with Crippen LogP contribution in [0.3, 0.4) is 0 Å². The summed E-state index contributed by atoms with van der Waals surface area (Å²) in [5.74, 6) is 0.00993. The Balaban J connectivity index is 2.77. The Morgan fingerprint density at radius 3 is 2.58 bits per heavy atom. The molecule has 1 heterocycles. The Hall–Kier alpha value is -1.64. The lowest BCUT2D eigenvalue weighted by molar-refractivity contribution is -0.904. The Labute approximate surface area is 70.5 Å². The van der Waals surface area contributed by atoms with Gasteiger partial charge >= 0.3 is 0 Å². The molecule has 0 fully saturated rings. The monoisotopic (exact) mass is 164 g/mol. The van der Waals surface area contributed by atoms with Crippen LogP contribution in [0.25, 0.3) is 6.08 Å². The molecule has 12 heavy (non-hydrogen) atoms. The molecule has 1 aromatic heterocycles. The number of allylic oxidation sites excluding steroid dienone is 1. The van der Waals surface area contributed by atoms with Crippen molar-refractivity contribution in [3.8, 4) is 0 Å². The molecule has 0 saturated carbocycles. The maximum Gasteiger partial charge on any atom is 0.222 e. The summed E-state index contributed by atoms with van der Waals surface area (Å²) < 4.78 is 0.950. The van der Waals surface area contributed by atoms with Gasteiger partial charge in [0, 0.05) is 16.9 Å². The highest BCUT2D eigenvalue weighted by Gasteiger charge is 1.93. The van der Waals surface area contributed by atoms with Crippen molar-refractivity contribution in [2.75, 3.05) is 0 Å².